The molecule has 1 aliphatic carbocycles. The van der Waals surface area contributed by atoms with E-state index in [1.165, 1.54) is 12.8 Å². The van der Waals surface area contributed by atoms with E-state index < -0.39 is 5.97 Å². The zero-order valence-corrected chi connectivity index (χ0v) is 9.22. The molecule has 2 aliphatic rings. The van der Waals surface area contributed by atoms with Gasteiger partial charge in [-0.3, -0.25) is 10.1 Å². The van der Waals surface area contributed by atoms with E-state index in [9.17, 15) is 4.79 Å². The lowest BCUT2D eigenvalue weighted by Crippen LogP contribution is -2.55. The molecule has 4 atom stereocenters. The summed E-state index contributed by atoms with van der Waals surface area (Å²) in [5.41, 5.74) is 0. The number of thioether (sulfide) groups is 1. The molecule has 0 aromatic heterocycles. The van der Waals surface area contributed by atoms with Crippen molar-refractivity contribution in [1.29, 1.82) is 0 Å². The molecule has 0 amide bonds. The Morgan fingerprint density at radius 2 is 2.29 bits per heavy atom. The maximum absolute atomic E-state index is 10.8. The van der Waals surface area contributed by atoms with Crippen LogP contribution in [0.15, 0.2) is 0 Å². The van der Waals surface area contributed by atoms with Crippen LogP contribution in [0.3, 0.4) is 0 Å². The number of hydrogen-bond acceptors (Lipinski definition) is 3. The molecule has 80 valence electrons. The Hall–Kier alpha value is -0.220. The molecule has 4 unspecified atom stereocenters. The predicted octanol–water partition coefficient (Wildman–Crippen LogP) is 1.33. The van der Waals surface area contributed by atoms with Gasteiger partial charge in [-0.15, -0.1) is 0 Å². The summed E-state index contributed by atoms with van der Waals surface area (Å²) in [6.45, 7) is 2.29. The van der Waals surface area contributed by atoms with Crippen LogP contribution in [0.1, 0.15) is 26.2 Å². The molecule has 14 heavy (non-hydrogen) atoms. The summed E-state index contributed by atoms with van der Waals surface area (Å²) < 4.78 is 0. The lowest BCUT2D eigenvalue weighted by atomic mass is 9.86. The first-order valence-electron chi connectivity index (χ1n) is 5.27. The average molecular weight is 215 g/mol. The van der Waals surface area contributed by atoms with E-state index in [2.05, 4.69) is 12.2 Å². The number of fused-ring (bicyclic) bond motifs is 1. The second-order valence-corrected chi connectivity index (χ2v) is 5.73. The third-order valence-corrected chi connectivity index (χ3v) is 4.72. The van der Waals surface area contributed by atoms with Gasteiger partial charge in [0.25, 0.3) is 0 Å². The van der Waals surface area contributed by atoms with E-state index in [0.29, 0.717) is 11.3 Å². The van der Waals surface area contributed by atoms with Gasteiger partial charge in [-0.2, -0.15) is 11.8 Å². The Morgan fingerprint density at radius 3 is 3.00 bits per heavy atom. The van der Waals surface area contributed by atoms with Crippen molar-refractivity contribution < 1.29 is 9.90 Å². The number of carbonyl (C=O) groups is 1. The summed E-state index contributed by atoms with van der Waals surface area (Å²) in [4.78, 5) is 10.8. The number of rotatable bonds is 1. The van der Waals surface area contributed by atoms with E-state index in [-0.39, 0.29) is 6.04 Å². The molecule has 0 aromatic carbocycles. The highest BCUT2D eigenvalue weighted by molar-refractivity contribution is 8.00. The van der Waals surface area contributed by atoms with Crippen LogP contribution in [-0.2, 0) is 4.79 Å². The first-order valence-corrected chi connectivity index (χ1v) is 6.32. The summed E-state index contributed by atoms with van der Waals surface area (Å²) in [7, 11) is 0. The number of nitrogens with one attached hydrogen (secondary N) is 1. The minimum absolute atomic E-state index is 0.324. The third-order valence-electron chi connectivity index (χ3n) is 3.24. The van der Waals surface area contributed by atoms with E-state index in [1.807, 2.05) is 11.8 Å². The molecule has 0 bridgehead atoms. The van der Waals surface area contributed by atoms with Gasteiger partial charge in [0.15, 0.2) is 0 Å². The topological polar surface area (TPSA) is 49.3 Å². The van der Waals surface area contributed by atoms with Crippen LogP contribution in [0.5, 0.6) is 0 Å². The van der Waals surface area contributed by atoms with Crippen LogP contribution in [0.25, 0.3) is 0 Å². The van der Waals surface area contributed by atoms with Gasteiger partial charge in [-0.1, -0.05) is 6.92 Å². The monoisotopic (exact) mass is 215 g/mol. The molecule has 1 heterocycles. The molecule has 2 fully saturated rings. The molecular formula is C10H17NO2S. The Kier molecular flexibility index (Phi) is 3.02. The van der Waals surface area contributed by atoms with Crippen molar-refractivity contribution in [2.24, 2.45) is 5.92 Å². The first kappa shape index (κ1) is 10.3. The Balaban J connectivity index is 1.94. The summed E-state index contributed by atoms with van der Waals surface area (Å²) >= 11 is 1.84. The van der Waals surface area contributed by atoms with Gasteiger partial charge in [0.2, 0.25) is 0 Å². The highest BCUT2D eigenvalue weighted by Crippen LogP contribution is 2.35. The lowest BCUT2D eigenvalue weighted by Gasteiger charge is -2.40. The summed E-state index contributed by atoms with van der Waals surface area (Å²) in [6, 6.07) is 0.112. The highest BCUT2D eigenvalue weighted by atomic mass is 32.2. The summed E-state index contributed by atoms with van der Waals surface area (Å²) in [5.74, 6) is 0.838. The normalized spacial score (nSPS) is 42.9. The molecule has 0 radical (unpaired) electrons. The zero-order chi connectivity index (χ0) is 10.1. The van der Waals surface area contributed by atoms with Crippen molar-refractivity contribution in [2.45, 2.75) is 43.5 Å². The Labute approximate surface area is 88.6 Å². The Morgan fingerprint density at radius 1 is 1.50 bits per heavy atom. The molecule has 4 heteroatoms. The summed E-state index contributed by atoms with van der Waals surface area (Å²) in [6.07, 6.45) is 3.62. The highest BCUT2D eigenvalue weighted by Gasteiger charge is 2.36. The zero-order valence-electron chi connectivity index (χ0n) is 8.40. The lowest BCUT2D eigenvalue weighted by molar-refractivity contribution is -0.139. The minimum atomic E-state index is -0.699. The first-order chi connectivity index (χ1) is 6.66. The van der Waals surface area contributed by atoms with Crippen LogP contribution in [-0.4, -0.2) is 34.2 Å². The van der Waals surface area contributed by atoms with Crippen molar-refractivity contribution in [3.8, 4) is 0 Å². The fourth-order valence-corrected chi connectivity index (χ4v) is 3.96. The maximum Gasteiger partial charge on any atom is 0.321 e. The fourth-order valence-electron chi connectivity index (χ4n) is 2.37. The molecule has 2 N–H and O–H groups in total. The van der Waals surface area contributed by atoms with E-state index in [1.54, 1.807) is 0 Å². The molecule has 1 saturated heterocycles. The van der Waals surface area contributed by atoms with Crippen molar-refractivity contribution in [3.63, 3.8) is 0 Å². The number of carboxylic acids is 1. The van der Waals surface area contributed by atoms with E-state index in [0.717, 1.165) is 18.1 Å². The van der Waals surface area contributed by atoms with Gasteiger partial charge in [0.05, 0.1) is 0 Å². The van der Waals surface area contributed by atoms with Crippen LogP contribution in [0.4, 0.5) is 0 Å². The fraction of sp³-hybridized carbons (Fsp3) is 0.900. The molecule has 3 nitrogen and oxygen atoms in total. The van der Waals surface area contributed by atoms with Crippen LogP contribution in [0, 0.1) is 5.92 Å². The Bertz CT molecular complexity index is 234. The van der Waals surface area contributed by atoms with Gasteiger partial charge in [-0.05, 0) is 25.2 Å². The molecule has 2 rings (SSSR count). The number of carboxylic acid groups (broad SMARTS) is 1. The van der Waals surface area contributed by atoms with Gasteiger partial charge in [0, 0.05) is 17.0 Å². The largest absolute Gasteiger partial charge is 0.480 e. The van der Waals surface area contributed by atoms with Crippen molar-refractivity contribution in [2.75, 3.05) is 5.75 Å². The number of hydrogen-bond donors (Lipinski definition) is 2. The second-order valence-electron chi connectivity index (χ2n) is 4.45. The van der Waals surface area contributed by atoms with Crippen LogP contribution < -0.4 is 5.32 Å². The smallest absolute Gasteiger partial charge is 0.321 e. The van der Waals surface area contributed by atoms with E-state index in [4.69, 9.17) is 5.11 Å². The standard InChI is InChI=1S/C10H17NO2S/c1-6-2-3-7-9(4-6)14-5-8(11-7)10(12)13/h6-9,11H,2-5H2,1H3,(H,12,13). The molecule has 1 aliphatic heterocycles. The van der Waals surface area contributed by atoms with Crippen molar-refractivity contribution in [1.82, 2.24) is 5.32 Å². The molecule has 0 spiro atoms. The minimum Gasteiger partial charge on any atom is -0.480 e. The van der Waals surface area contributed by atoms with Crippen molar-refractivity contribution >= 4 is 17.7 Å². The van der Waals surface area contributed by atoms with Crippen LogP contribution >= 0.6 is 11.8 Å². The number of aliphatic carboxylic acids is 1. The van der Waals surface area contributed by atoms with Gasteiger partial charge in [-0.25, -0.2) is 0 Å². The molecule has 0 aromatic rings. The SMILES string of the molecule is CC1CCC2NC(C(=O)O)CSC2C1. The maximum atomic E-state index is 10.8. The van der Waals surface area contributed by atoms with E-state index >= 15 is 0 Å². The van der Waals surface area contributed by atoms with Gasteiger partial charge < -0.3 is 5.11 Å². The quantitative estimate of drug-likeness (QED) is 0.693. The third kappa shape index (κ3) is 2.06. The average Bonchev–Trinajstić information content (AvgIpc) is 2.16. The van der Waals surface area contributed by atoms with Crippen LogP contribution in [0.2, 0.25) is 0 Å². The predicted molar refractivity (Wildman–Crippen MR) is 57.6 cm³/mol. The summed E-state index contributed by atoms with van der Waals surface area (Å²) in [5, 5.41) is 12.8. The second kappa shape index (κ2) is 4.11. The molecule has 1 saturated carbocycles. The molecular weight excluding hydrogens is 198 g/mol. The van der Waals surface area contributed by atoms with Gasteiger partial charge in [0.1, 0.15) is 6.04 Å². The van der Waals surface area contributed by atoms with Crippen molar-refractivity contribution in [3.05, 3.63) is 0 Å². The van der Waals surface area contributed by atoms with Gasteiger partial charge >= 0.3 is 5.97 Å².